The molecule has 2 aromatic rings. The number of ether oxygens (including phenoxy) is 4. The molecule has 1 aliphatic heterocycles. The van der Waals surface area contributed by atoms with Crippen molar-refractivity contribution in [2.24, 2.45) is 5.92 Å². The summed E-state index contributed by atoms with van der Waals surface area (Å²) in [6.45, 7) is 2.07. The predicted molar refractivity (Wildman–Crippen MR) is 124 cm³/mol. The van der Waals surface area contributed by atoms with Crippen molar-refractivity contribution in [1.29, 1.82) is 0 Å². The Bertz CT molecular complexity index is 1080. The fraction of sp³-hybridized carbons (Fsp3) is 0.360. The highest BCUT2D eigenvalue weighted by Crippen LogP contribution is 2.38. The molecule has 0 amide bonds. The number of benzene rings is 2. The zero-order chi connectivity index (χ0) is 23.5. The summed E-state index contributed by atoms with van der Waals surface area (Å²) in [5.41, 5.74) is 1.27. The van der Waals surface area contributed by atoms with Gasteiger partial charge in [-0.25, -0.2) is 4.79 Å². The average molecular weight is 491 g/mol. The molecule has 1 fully saturated rings. The first kappa shape index (κ1) is 23.5. The van der Waals surface area contributed by atoms with E-state index in [1.165, 1.54) is 25.0 Å². The molecule has 1 heterocycles. The highest BCUT2D eigenvalue weighted by atomic mass is 35.5. The SMILES string of the molecule is CCc1ccc(OC2=COC3CC(OC(=O)c4c(Cl)ccc(Cl)c4OC)CCC3C2=O)cc1. The Morgan fingerprint density at radius 3 is 2.52 bits per heavy atom. The summed E-state index contributed by atoms with van der Waals surface area (Å²) < 4.78 is 22.5. The number of hydrogen-bond acceptors (Lipinski definition) is 6. The molecular weight excluding hydrogens is 467 g/mol. The third-order valence-electron chi connectivity index (χ3n) is 5.97. The van der Waals surface area contributed by atoms with E-state index in [9.17, 15) is 9.59 Å². The molecule has 2 aromatic carbocycles. The predicted octanol–water partition coefficient (Wildman–Crippen LogP) is 5.78. The zero-order valence-corrected chi connectivity index (χ0v) is 19.8. The topological polar surface area (TPSA) is 71.1 Å². The second-order valence-electron chi connectivity index (χ2n) is 8.00. The van der Waals surface area contributed by atoms with Crippen molar-refractivity contribution in [3.63, 3.8) is 0 Å². The molecule has 3 atom stereocenters. The van der Waals surface area contributed by atoms with Gasteiger partial charge in [0.15, 0.2) is 5.75 Å². The van der Waals surface area contributed by atoms with Gasteiger partial charge < -0.3 is 18.9 Å². The summed E-state index contributed by atoms with van der Waals surface area (Å²) in [6.07, 6.45) is 2.88. The van der Waals surface area contributed by atoms with Crippen molar-refractivity contribution in [1.82, 2.24) is 0 Å². The molecule has 174 valence electrons. The Labute approximate surface area is 202 Å². The van der Waals surface area contributed by atoms with Gasteiger partial charge >= 0.3 is 5.97 Å². The monoisotopic (exact) mass is 490 g/mol. The van der Waals surface area contributed by atoms with Gasteiger partial charge in [-0.3, -0.25) is 4.79 Å². The molecule has 3 unspecified atom stereocenters. The first-order valence-electron chi connectivity index (χ1n) is 10.8. The third-order valence-corrected chi connectivity index (χ3v) is 6.59. The number of methoxy groups -OCH3 is 1. The van der Waals surface area contributed by atoms with Crippen molar-refractivity contribution in [3.05, 3.63) is 69.6 Å². The number of Topliss-reactive ketones (excluding diaryl/α,β-unsaturated/α-hetero) is 1. The van der Waals surface area contributed by atoms with Crippen LogP contribution in [0.15, 0.2) is 48.4 Å². The molecule has 0 radical (unpaired) electrons. The zero-order valence-electron chi connectivity index (χ0n) is 18.3. The lowest BCUT2D eigenvalue weighted by atomic mass is 9.80. The molecule has 0 spiro atoms. The Balaban J connectivity index is 1.41. The molecule has 1 aliphatic carbocycles. The van der Waals surface area contributed by atoms with Gasteiger partial charge in [0.1, 0.15) is 29.8 Å². The summed E-state index contributed by atoms with van der Waals surface area (Å²) in [5, 5.41) is 0.455. The molecule has 33 heavy (non-hydrogen) atoms. The minimum Gasteiger partial charge on any atom is -0.494 e. The van der Waals surface area contributed by atoms with Crippen molar-refractivity contribution >= 4 is 35.0 Å². The molecular formula is C25H24Cl2O6. The number of carbonyl (C=O) groups is 2. The number of carbonyl (C=O) groups excluding carboxylic acids is 2. The molecule has 0 bridgehead atoms. The van der Waals surface area contributed by atoms with Crippen molar-refractivity contribution in [2.75, 3.05) is 7.11 Å². The van der Waals surface area contributed by atoms with Gasteiger partial charge in [0.05, 0.1) is 23.1 Å². The molecule has 4 rings (SSSR count). The molecule has 0 saturated heterocycles. The maximum absolute atomic E-state index is 13.0. The normalized spacial score (nSPS) is 22.0. The van der Waals surface area contributed by atoms with Crippen molar-refractivity contribution in [2.45, 2.75) is 44.8 Å². The Kier molecular flexibility index (Phi) is 7.15. The summed E-state index contributed by atoms with van der Waals surface area (Å²) in [7, 11) is 1.41. The highest BCUT2D eigenvalue weighted by Gasteiger charge is 2.42. The van der Waals surface area contributed by atoms with Crippen LogP contribution in [-0.2, 0) is 20.7 Å². The van der Waals surface area contributed by atoms with Crippen LogP contribution >= 0.6 is 23.2 Å². The van der Waals surface area contributed by atoms with Crippen molar-refractivity contribution in [3.8, 4) is 11.5 Å². The fourth-order valence-corrected chi connectivity index (χ4v) is 4.63. The largest absolute Gasteiger partial charge is 0.494 e. The lowest BCUT2D eigenvalue weighted by Crippen LogP contribution is -2.43. The van der Waals surface area contributed by atoms with E-state index in [-0.39, 0.29) is 38.8 Å². The minimum absolute atomic E-state index is 0.0825. The maximum Gasteiger partial charge on any atom is 0.343 e. The van der Waals surface area contributed by atoms with E-state index in [1.807, 2.05) is 24.3 Å². The van der Waals surface area contributed by atoms with Crippen LogP contribution in [0, 0.1) is 5.92 Å². The molecule has 2 aliphatic rings. The molecule has 1 saturated carbocycles. The Morgan fingerprint density at radius 2 is 1.82 bits per heavy atom. The average Bonchev–Trinajstić information content (AvgIpc) is 2.82. The quantitative estimate of drug-likeness (QED) is 0.478. The summed E-state index contributed by atoms with van der Waals surface area (Å²) in [4.78, 5) is 25.8. The van der Waals surface area contributed by atoms with Crippen LogP contribution in [0.5, 0.6) is 11.5 Å². The van der Waals surface area contributed by atoms with Crippen LogP contribution < -0.4 is 9.47 Å². The number of halogens is 2. The smallest absolute Gasteiger partial charge is 0.343 e. The second-order valence-corrected chi connectivity index (χ2v) is 8.82. The number of allylic oxidation sites excluding steroid dienone is 1. The first-order chi connectivity index (χ1) is 15.9. The van der Waals surface area contributed by atoms with Crippen LogP contribution in [0.4, 0.5) is 0 Å². The Morgan fingerprint density at radius 1 is 1.09 bits per heavy atom. The molecule has 0 N–H and O–H groups in total. The number of rotatable bonds is 6. The third kappa shape index (κ3) is 4.97. The lowest BCUT2D eigenvalue weighted by molar-refractivity contribution is -0.132. The highest BCUT2D eigenvalue weighted by molar-refractivity contribution is 6.37. The van der Waals surface area contributed by atoms with E-state index in [4.69, 9.17) is 42.1 Å². The number of hydrogen-bond donors (Lipinski definition) is 0. The number of esters is 1. The molecule has 8 heteroatoms. The van der Waals surface area contributed by atoms with Gasteiger partial charge in [0, 0.05) is 6.42 Å². The Hall–Kier alpha value is -2.70. The van der Waals surface area contributed by atoms with Crippen LogP contribution in [0.1, 0.15) is 42.1 Å². The van der Waals surface area contributed by atoms with Gasteiger partial charge in [-0.2, -0.15) is 0 Å². The number of aryl methyl sites for hydroxylation is 1. The van der Waals surface area contributed by atoms with E-state index < -0.39 is 18.2 Å². The van der Waals surface area contributed by atoms with Crippen LogP contribution in [0.2, 0.25) is 10.0 Å². The van der Waals surface area contributed by atoms with Crippen LogP contribution in [0.3, 0.4) is 0 Å². The van der Waals surface area contributed by atoms with E-state index in [0.717, 1.165) is 6.42 Å². The number of fused-ring (bicyclic) bond motifs is 1. The van der Waals surface area contributed by atoms with E-state index >= 15 is 0 Å². The van der Waals surface area contributed by atoms with Gasteiger partial charge in [-0.15, -0.1) is 0 Å². The van der Waals surface area contributed by atoms with E-state index in [0.29, 0.717) is 25.0 Å². The maximum atomic E-state index is 13.0. The first-order valence-corrected chi connectivity index (χ1v) is 11.6. The molecule has 0 aromatic heterocycles. The van der Waals surface area contributed by atoms with Crippen molar-refractivity contribution < 1.29 is 28.5 Å². The summed E-state index contributed by atoms with van der Waals surface area (Å²) >= 11 is 12.3. The van der Waals surface area contributed by atoms with Gasteiger partial charge in [0.2, 0.25) is 11.5 Å². The van der Waals surface area contributed by atoms with Crippen LogP contribution in [0.25, 0.3) is 0 Å². The minimum atomic E-state index is -0.625. The lowest BCUT2D eigenvalue weighted by Gasteiger charge is -2.36. The molecule has 6 nitrogen and oxygen atoms in total. The van der Waals surface area contributed by atoms with Crippen LogP contribution in [-0.4, -0.2) is 31.1 Å². The number of ketones is 1. The van der Waals surface area contributed by atoms with Gasteiger partial charge in [0.25, 0.3) is 0 Å². The van der Waals surface area contributed by atoms with E-state index in [1.54, 1.807) is 6.07 Å². The van der Waals surface area contributed by atoms with E-state index in [2.05, 4.69) is 6.92 Å². The fourth-order valence-electron chi connectivity index (χ4n) is 4.17. The van der Waals surface area contributed by atoms with Gasteiger partial charge in [-0.05, 0) is 49.1 Å². The summed E-state index contributed by atoms with van der Waals surface area (Å²) in [5.74, 6) is -0.131. The standard InChI is InChI=1S/C25H24Cl2O6/c1-3-14-4-6-15(7-5-14)32-21-13-31-20-12-16(8-9-17(20)23(21)28)33-25(29)22-18(26)10-11-19(27)24(22)30-2/h4-7,10-11,13,16-17,20H,3,8-9,12H2,1-2H3. The summed E-state index contributed by atoms with van der Waals surface area (Å²) in [6, 6.07) is 10.7. The second kappa shape index (κ2) is 10.1. The van der Waals surface area contributed by atoms with Gasteiger partial charge in [-0.1, -0.05) is 42.3 Å².